The van der Waals surface area contributed by atoms with Crippen LogP contribution in [0.2, 0.25) is 0 Å². The lowest BCUT2D eigenvalue weighted by molar-refractivity contribution is 0.129. The summed E-state index contributed by atoms with van der Waals surface area (Å²) in [5.74, 6) is 0.513. The lowest BCUT2D eigenvalue weighted by atomic mass is 9.96. The van der Waals surface area contributed by atoms with E-state index < -0.39 is 0 Å². The van der Waals surface area contributed by atoms with Crippen LogP contribution in [-0.2, 0) is 0 Å². The Morgan fingerprint density at radius 3 is 2.37 bits per heavy atom. The molecule has 0 spiro atoms. The Labute approximate surface area is 121 Å². The van der Waals surface area contributed by atoms with Crippen LogP contribution < -0.4 is 5.32 Å². The van der Waals surface area contributed by atoms with Crippen LogP contribution in [-0.4, -0.2) is 43.3 Å². The minimum atomic E-state index is -0.323. The van der Waals surface area contributed by atoms with Crippen LogP contribution in [0.1, 0.15) is 35.2 Å². The molecule has 19 heavy (non-hydrogen) atoms. The molecule has 4 heteroatoms. The van der Waals surface area contributed by atoms with Gasteiger partial charge >= 0.3 is 0 Å². The highest BCUT2D eigenvalue weighted by Crippen LogP contribution is 2.30. The maximum Gasteiger partial charge on any atom is 0.0791 e. The van der Waals surface area contributed by atoms with Gasteiger partial charge in [0.05, 0.1) is 6.10 Å². The standard InChI is InChI=1S/C15H28N2OS/c1-10(2)15(14-7-11(3)19-12(14)4)16-8-13(18)9-17(5)6/h7,10,13,15-16,18H,8-9H2,1-6H3. The van der Waals surface area contributed by atoms with Crippen molar-refractivity contribution in [3.63, 3.8) is 0 Å². The molecule has 0 aliphatic rings. The summed E-state index contributed by atoms with van der Waals surface area (Å²) in [6, 6.07) is 2.59. The number of thiophene rings is 1. The Morgan fingerprint density at radius 2 is 1.95 bits per heavy atom. The van der Waals surface area contributed by atoms with E-state index in [4.69, 9.17) is 0 Å². The highest BCUT2D eigenvalue weighted by Gasteiger charge is 2.20. The Bertz CT molecular complexity index is 387. The summed E-state index contributed by atoms with van der Waals surface area (Å²) in [6.07, 6.45) is -0.323. The number of aryl methyl sites for hydroxylation is 2. The van der Waals surface area contributed by atoms with E-state index in [1.807, 2.05) is 30.3 Å². The molecule has 2 N–H and O–H groups in total. The zero-order valence-corrected chi connectivity index (χ0v) is 13.8. The van der Waals surface area contributed by atoms with Gasteiger partial charge in [0, 0.05) is 28.9 Å². The van der Waals surface area contributed by atoms with Crippen molar-refractivity contribution in [3.8, 4) is 0 Å². The molecule has 0 bridgehead atoms. The van der Waals surface area contributed by atoms with Gasteiger partial charge in [-0.25, -0.2) is 0 Å². The van der Waals surface area contributed by atoms with E-state index in [1.165, 1.54) is 15.3 Å². The maximum absolute atomic E-state index is 9.97. The summed E-state index contributed by atoms with van der Waals surface area (Å²) in [6.45, 7) is 10.1. The van der Waals surface area contributed by atoms with E-state index in [0.717, 1.165) is 0 Å². The monoisotopic (exact) mass is 284 g/mol. The first-order chi connectivity index (χ1) is 8.81. The fourth-order valence-electron chi connectivity index (χ4n) is 2.41. The summed E-state index contributed by atoms with van der Waals surface area (Å²) in [5, 5.41) is 13.5. The summed E-state index contributed by atoms with van der Waals surface area (Å²) in [5.41, 5.74) is 1.38. The molecule has 0 aliphatic heterocycles. The van der Waals surface area contributed by atoms with Crippen LogP contribution in [0.15, 0.2) is 6.07 Å². The van der Waals surface area contributed by atoms with E-state index in [2.05, 4.69) is 39.1 Å². The molecule has 0 fully saturated rings. The van der Waals surface area contributed by atoms with Gasteiger partial charge in [-0.2, -0.15) is 0 Å². The molecule has 0 saturated carbocycles. The molecule has 2 atom stereocenters. The number of nitrogens with one attached hydrogen (secondary N) is 1. The minimum absolute atomic E-state index is 0.321. The Balaban J connectivity index is 2.67. The van der Waals surface area contributed by atoms with Crippen LogP contribution in [0.3, 0.4) is 0 Å². The van der Waals surface area contributed by atoms with Crippen molar-refractivity contribution in [2.45, 2.75) is 39.8 Å². The van der Waals surface area contributed by atoms with Crippen LogP contribution in [0, 0.1) is 19.8 Å². The molecular weight excluding hydrogens is 256 g/mol. The second kappa shape index (κ2) is 7.39. The number of nitrogens with zero attached hydrogens (tertiary/aromatic N) is 1. The Kier molecular flexibility index (Phi) is 6.47. The van der Waals surface area contributed by atoms with Gasteiger partial charge in [-0.15, -0.1) is 11.3 Å². The first kappa shape index (κ1) is 16.6. The second-order valence-corrected chi connectivity index (χ2v) is 7.38. The summed E-state index contributed by atoms with van der Waals surface area (Å²) in [7, 11) is 3.96. The van der Waals surface area contributed by atoms with Gasteiger partial charge in [-0.05, 0) is 45.5 Å². The topological polar surface area (TPSA) is 35.5 Å². The van der Waals surface area contributed by atoms with Crippen LogP contribution in [0.5, 0.6) is 0 Å². The van der Waals surface area contributed by atoms with Crippen molar-refractivity contribution in [1.29, 1.82) is 0 Å². The molecular formula is C15H28N2OS. The van der Waals surface area contributed by atoms with E-state index >= 15 is 0 Å². The van der Waals surface area contributed by atoms with Crippen molar-refractivity contribution in [2.24, 2.45) is 5.92 Å². The lowest BCUT2D eigenvalue weighted by Crippen LogP contribution is -2.38. The molecule has 0 saturated heterocycles. The van der Waals surface area contributed by atoms with Crippen molar-refractivity contribution >= 4 is 11.3 Å². The van der Waals surface area contributed by atoms with Gasteiger partial charge in [0.15, 0.2) is 0 Å². The maximum atomic E-state index is 9.97. The molecule has 1 aromatic rings. The highest BCUT2D eigenvalue weighted by molar-refractivity contribution is 7.12. The van der Waals surface area contributed by atoms with Gasteiger partial charge in [-0.1, -0.05) is 13.8 Å². The second-order valence-electron chi connectivity index (χ2n) is 5.91. The lowest BCUT2D eigenvalue weighted by Gasteiger charge is -2.25. The number of likely N-dealkylation sites (N-methyl/N-ethyl adjacent to an activating group) is 1. The first-order valence-corrected chi connectivity index (χ1v) is 7.76. The van der Waals surface area contributed by atoms with Crippen molar-refractivity contribution in [3.05, 3.63) is 21.4 Å². The predicted molar refractivity (Wildman–Crippen MR) is 83.9 cm³/mol. The van der Waals surface area contributed by atoms with E-state index in [1.54, 1.807) is 0 Å². The van der Waals surface area contributed by atoms with Gasteiger partial charge in [0.1, 0.15) is 0 Å². The van der Waals surface area contributed by atoms with E-state index in [9.17, 15) is 5.11 Å². The molecule has 1 aromatic heterocycles. The molecule has 3 nitrogen and oxygen atoms in total. The summed E-state index contributed by atoms with van der Waals surface area (Å²) < 4.78 is 0. The molecule has 110 valence electrons. The zero-order valence-electron chi connectivity index (χ0n) is 13.0. The molecule has 2 unspecified atom stereocenters. The molecule has 0 radical (unpaired) electrons. The van der Waals surface area contributed by atoms with Crippen LogP contribution in [0.4, 0.5) is 0 Å². The van der Waals surface area contributed by atoms with Crippen molar-refractivity contribution in [2.75, 3.05) is 27.2 Å². The first-order valence-electron chi connectivity index (χ1n) is 6.94. The molecule has 1 heterocycles. The average molecular weight is 284 g/mol. The zero-order chi connectivity index (χ0) is 14.6. The number of hydrogen-bond donors (Lipinski definition) is 2. The summed E-state index contributed by atoms with van der Waals surface area (Å²) in [4.78, 5) is 4.75. The third-order valence-corrected chi connectivity index (χ3v) is 4.21. The van der Waals surface area contributed by atoms with E-state index in [0.29, 0.717) is 25.0 Å². The number of aliphatic hydroxyl groups excluding tert-OH is 1. The minimum Gasteiger partial charge on any atom is -0.390 e. The molecule has 1 rings (SSSR count). The van der Waals surface area contributed by atoms with Crippen LogP contribution >= 0.6 is 11.3 Å². The van der Waals surface area contributed by atoms with Gasteiger partial charge < -0.3 is 15.3 Å². The molecule has 0 aliphatic carbocycles. The predicted octanol–water partition coefficient (Wildman–Crippen LogP) is 2.57. The van der Waals surface area contributed by atoms with Crippen molar-refractivity contribution in [1.82, 2.24) is 10.2 Å². The van der Waals surface area contributed by atoms with Gasteiger partial charge in [0.25, 0.3) is 0 Å². The number of rotatable bonds is 7. The average Bonchev–Trinajstić information content (AvgIpc) is 2.56. The normalized spacial score (nSPS) is 15.2. The quantitative estimate of drug-likeness (QED) is 0.808. The third kappa shape index (κ3) is 5.22. The molecule has 0 amide bonds. The fourth-order valence-corrected chi connectivity index (χ4v) is 3.39. The smallest absolute Gasteiger partial charge is 0.0791 e. The largest absolute Gasteiger partial charge is 0.390 e. The van der Waals surface area contributed by atoms with Crippen molar-refractivity contribution < 1.29 is 5.11 Å². The number of hydrogen-bond acceptors (Lipinski definition) is 4. The highest BCUT2D eigenvalue weighted by atomic mass is 32.1. The SMILES string of the molecule is Cc1cc(C(NCC(O)CN(C)C)C(C)C)c(C)s1. The van der Waals surface area contributed by atoms with Gasteiger partial charge in [-0.3, -0.25) is 0 Å². The Morgan fingerprint density at radius 1 is 1.32 bits per heavy atom. The Hall–Kier alpha value is -0.420. The number of aliphatic hydroxyl groups is 1. The summed E-state index contributed by atoms with van der Waals surface area (Å²) >= 11 is 1.85. The molecule has 0 aromatic carbocycles. The van der Waals surface area contributed by atoms with Crippen LogP contribution in [0.25, 0.3) is 0 Å². The van der Waals surface area contributed by atoms with E-state index in [-0.39, 0.29) is 6.10 Å². The van der Waals surface area contributed by atoms with Gasteiger partial charge in [0.2, 0.25) is 0 Å². The fraction of sp³-hybridized carbons (Fsp3) is 0.733. The third-order valence-electron chi connectivity index (χ3n) is 3.23.